The predicted molar refractivity (Wildman–Crippen MR) is 87.2 cm³/mol. The Labute approximate surface area is 141 Å². The average Bonchev–Trinajstić information content (AvgIpc) is 2.59. The first-order valence-electron chi connectivity index (χ1n) is 6.56. The molecule has 24 heavy (non-hydrogen) atoms. The molecule has 0 aromatic heterocycles. The number of halogens is 1. The first-order valence-corrected chi connectivity index (χ1v) is 6.94. The van der Waals surface area contributed by atoms with Crippen LogP contribution in [-0.4, -0.2) is 23.8 Å². The Morgan fingerprint density at radius 3 is 2.62 bits per heavy atom. The maximum absolute atomic E-state index is 12.0. The number of carbonyl (C=O) groups is 1. The van der Waals surface area contributed by atoms with Crippen LogP contribution in [0.4, 0.5) is 5.69 Å². The van der Waals surface area contributed by atoms with E-state index in [4.69, 9.17) is 26.9 Å². The number of hydrogen-bond acceptors (Lipinski definition) is 6. The van der Waals surface area contributed by atoms with Crippen molar-refractivity contribution in [3.63, 3.8) is 0 Å². The molecule has 0 radical (unpaired) electrons. The smallest absolute Gasteiger partial charge is 0.366 e. The molecule has 0 bridgehead atoms. The van der Waals surface area contributed by atoms with Gasteiger partial charge in [-0.3, -0.25) is 10.1 Å². The molecule has 2 aromatic carbocycles. The zero-order valence-electron chi connectivity index (χ0n) is 12.4. The van der Waals surface area contributed by atoms with Gasteiger partial charge in [-0.05, 0) is 24.3 Å². The second-order valence-electron chi connectivity index (χ2n) is 4.48. The number of benzene rings is 2. The van der Waals surface area contributed by atoms with E-state index in [0.29, 0.717) is 10.6 Å². The van der Waals surface area contributed by atoms with Crippen molar-refractivity contribution in [3.8, 4) is 5.75 Å². The highest BCUT2D eigenvalue weighted by Crippen LogP contribution is 2.27. The Balaban J connectivity index is 2.21. The van der Waals surface area contributed by atoms with Gasteiger partial charge in [0.25, 0.3) is 0 Å². The Morgan fingerprint density at radius 2 is 2.00 bits per heavy atom. The third-order valence-corrected chi connectivity index (χ3v) is 3.32. The van der Waals surface area contributed by atoms with Crippen molar-refractivity contribution in [2.75, 3.05) is 7.11 Å². The van der Waals surface area contributed by atoms with Crippen LogP contribution < -0.4 is 10.5 Å². The molecule has 2 aromatic rings. The summed E-state index contributed by atoms with van der Waals surface area (Å²) in [5.41, 5.74) is 5.67. The molecule has 0 amide bonds. The van der Waals surface area contributed by atoms with Gasteiger partial charge in [0, 0.05) is 11.6 Å². The summed E-state index contributed by atoms with van der Waals surface area (Å²) in [6, 6.07) is 10.2. The van der Waals surface area contributed by atoms with Crippen LogP contribution in [0.25, 0.3) is 0 Å². The van der Waals surface area contributed by atoms with Crippen molar-refractivity contribution < 1.29 is 19.3 Å². The topological polar surface area (TPSA) is 117 Å². The second kappa shape index (κ2) is 7.42. The number of nitro groups is 1. The summed E-state index contributed by atoms with van der Waals surface area (Å²) in [5.74, 6) is -0.983. The van der Waals surface area contributed by atoms with Gasteiger partial charge in [-0.15, -0.1) is 0 Å². The fourth-order valence-corrected chi connectivity index (χ4v) is 2.05. The Hall–Kier alpha value is -3.13. The van der Waals surface area contributed by atoms with Crippen molar-refractivity contribution in [3.05, 3.63) is 68.7 Å². The molecule has 0 aliphatic heterocycles. The molecular weight excluding hydrogens is 338 g/mol. The molecule has 0 spiro atoms. The lowest BCUT2D eigenvalue weighted by atomic mass is 10.2. The summed E-state index contributed by atoms with van der Waals surface area (Å²) in [7, 11) is 1.29. The highest BCUT2D eigenvalue weighted by molar-refractivity contribution is 6.34. The van der Waals surface area contributed by atoms with E-state index < -0.39 is 10.9 Å². The molecule has 0 atom stereocenters. The van der Waals surface area contributed by atoms with E-state index in [1.54, 1.807) is 24.3 Å². The van der Waals surface area contributed by atoms with Gasteiger partial charge in [-0.2, -0.15) is 0 Å². The van der Waals surface area contributed by atoms with Crippen LogP contribution in [0.3, 0.4) is 0 Å². The molecule has 2 rings (SSSR count). The van der Waals surface area contributed by atoms with E-state index in [2.05, 4.69) is 5.16 Å². The molecule has 0 saturated heterocycles. The lowest BCUT2D eigenvalue weighted by molar-refractivity contribution is -0.385. The third kappa shape index (κ3) is 3.79. The largest absolute Gasteiger partial charge is 0.490 e. The number of nitro benzene ring substituents is 1. The van der Waals surface area contributed by atoms with Gasteiger partial charge < -0.3 is 15.3 Å². The van der Waals surface area contributed by atoms with Crippen LogP contribution in [0, 0.1) is 10.1 Å². The highest BCUT2D eigenvalue weighted by Gasteiger charge is 2.19. The summed E-state index contributed by atoms with van der Waals surface area (Å²) < 4.78 is 4.85. The number of carbonyl (C=O) groups excluding carboxylic acids is 1. The number of nitrogens with zero attached hydrogens (tertiary/aromatic N) is 2. The van der Waals surface area contributed by atoms with Crippen LogP contribution in [0.2, 0.25) is 5.02 Å². The third-order valence-electron chi connectivity index (χ3n) is 2.99. The lowest BCUT2D eigenvalue weighted by Gasteiger charge is -2.04. The summed E-state index contributed by atoms with van der Waals surface area (Å²) in [5, 5.41) is 14.8. The van der Waals surface area contributed by atoms with E-state index in [1.807, 2.05) is 0 Å². The molecule has 0 fully saturated rings. The molecule has 0 heterocycles. The zero-order valence-corrected chi connectivity index (χ0v) is 13.2. The number of hydrogen-bond donors (Lipinski definition) is 1. The van der Waals surface area contributed by atoms with Crippen LogP contribution >= 0.6 is 11.6 Å². The van der Waals surface area contributed by atoms with E-state index in [1.165, 1.54) is 19.2 Å². The number of oxime groups is 1. The number of amidine groups is 1. The van der Waals surface area contributed by atoms with Gasteiger partial charge in [0.15, 0.2) is 11.6 Å². The van der Waals surface area contributed by atoms with Crippen molar-refractivity contribution in [1.82, 2.24) is 0 Å². The summed E-state index contributed by atoms with van der Waals surface area (Å²) >= 11 is 5.95. The summed E-state index contributed by atoms with van der Waals surface area (Å²) in [4.78, 5) is 27.0. The summed E-state index contributed by atoms with van der Waals surface area (Å²) in [6.07, 6.45) is 0. The standard InChI is InChI=1S/C15H12ClN3O5/c1-23-13-7-6-9(8-12(13)19(21)22)15(20)24-18-14(17)10-4-2-3-5-11(10)16/h2-8H,1H3,(H2,17,18). The van der Waals surface area contributed by atoms with Crippen molar-refractivity contribution in [1.29, 1.82) is 0 Å². The first-order chi connectivity index (χ1) is 11.4. The first kappa shape index (κ1) is 17.2. The molecule has 8 nitrogen and oxygen atoms in total. The summed E-state index contributed by atoms with van der Waals surface area (Å²) in [6.45, 7) is 0. The highest BCUT2D eigenvalue weighted by atomic mass is 35.5. The van der Waals surface area contributed by atoms with Gasteiger partial charge in [0.2, 0.25) is 0 Å². The second-order valence-corrected chi connectivity index (χ2v) is 4.89. The van der Waals surface area contributed by atoms with Crippen LogP contribution in [-0.2, 0) is 4.84 Å². The molecule has 0 unspecified atom stereocenters. The minimum atomic E-state index is -0.907. The van der Waals surface area contributed by atoms with Crippen molar-refractivity contribution >= 4 is 29.1 Å². The minimum Gasteiger partial charge on any atom is -0.490 e. The zero-order chi connectivity index (χ0) is 17.7. The van der Waals surface area contributed by atoms with Gasteiger partial charge >= 0.3 is 11.7 Å². The Morgan fingerprint density at radius 1 is 1.29 bits per heavy atom. The SMILES string of the molecule is COc1ccc(C(=O)O/N=C(\N)c2ccccc2Cl)cc1[N+](=O)[O-]. The Kier molecular flexibility index (Phi) is 5.33. The molecule has 0 aliphatic carbocycles. The molecule has 9 heteroatoms. The monoisotopic (exact) mass is 349 g/mol. The number of nitrogens with two attached hydrogens (primary N) is 1. The fraction of sp³-hybridized carbons (Fsp3) is 0.0667. The fourth-order valence-electron chi connectivity index (χ4n) is 1.82. The quantitative estimate of drug-likeness (QED) is 0.291. The van der Waals surface area contributed by atoms with E-state index in [9.17, 15) is 14.9 Å². The minimum absolute atomic E-state index is 0.0237. The van der Waals surface area contributed by atoms with Crippen molar-refractivity contribution in [2.24, 2.45) is 10.9 Å². The molecule has 0 saturated carbocycles. The Bertz CT molecular complexity index is 823. The predicted octanol–water partition coefficient (Wildman–Crippen LogP) is 2.73. The van der Waals surface area contributed by atoms with Crippen LogP contribution in [0.1, 0.15) is 15.9 Å². The maximum Gasteiger partial charge on any atom is 0.366 e. The number of rotatable bonds is 5. The number of methoxy groups -OCH3 is 1. The van der Waals surface area contributed by atoms with Gasteiger partial charge in [0.1, 0.15) is 0 Å². The lowest BCUT2D eigenvalue weighted by Crippen LogP contribution is -2.15. The number of ether oxygens (including phenoxy) is 1. The van der Waals surface area contributed by atoms with Crippen LogP contribution in [0.5, 0.6) is 5.75 Å². The van der Waals surface area contributed by atoms with Gasteiger partial charge in [-0.25, -0.2) is 4.79 Å². The normalized spacial score (nSPS) is 11.0. The van der Waals surface area contributed by atoms with Gasteiger partial charge in [-0.1, -0.05) is 28.9 Å². The van der Waals surface area contributed by atoms with Crippen molar-refractivity contribution in [2.45, 2.75) is 0 Å². The molecule has 0 aliphatic rings. The van der Waals surface area contributed by atoms with Gasteiger partial charge in [0.05, 0.1) is 22.6 Å². The maximum atomic E-state index is 12.0. The molecule has 2 N–H and O–H groups in total. The van der Waals surface area contributed by atoms with E-state index in [-0.39, 0.29) is 22.8 Å². The average molecular weight is 350 g/mol. The molecular formula is C15H12ClN3O5. The van der Waals surface area contributed by atoms with E-state index >= 15 is 0 Å². The van der Waals surface area contributed by atoms with Crippen LogP contribution in [0.15, 0.2) is 47.6 Å². The van der Waals surface area contributed by atoms with E-state index in [0.717, 1.165) is 6.07 Å². The molecule has 124 valence electrons.